The number of pyridine rings is 1. The first kappa shape index (κ1) is 19.1. The van der Waals surface area contributed by atoms with Crippen molar-refractivity contribution in [2.75, 3.05) is 23.4 Å². The lowest BCUT2D eigenvalue weighted by atomic mass is 9.95. The van der Waals surface area contributed by atoms with Crippen molar-refractivity contribution in [1.29, 1.82) is 10.5 Å². The van der Waals surface area contributed by atoms with Gasteiger partial charge in [0.05, 0.1) is 17.3 Å². The summed E-state index contributed by atoms with van der Waals surface area (Å²) in [6, 6.07) is 6.57. The second-order valence-corrected chi connectivity index (χ2v) is 6.35. The zero-order valence-corrected chi connectivity index (χ0v) is 15.7. The number of aromatic nitrogens is 1. The van der Waals surface area contributed by atoms with Gasteiger partial charge in [-0.15, -0.1) is 0 Å². The smallest absolute Gasteiger partial charge is 0.211 e. The molecule has 3 rings (SSSR count). The molecule has 1 unspecified atom stereocenters. The molecule has 2 heterocycles. The molecule has 0 saturated carbocycles. The Morgan fingerprint density at radius 3 is 2.79 bits per heavy atom. The van der Waals surface area contributed by atoms with E-state index in [1.807, 2.05) is 13.0 Å². The van der Waals surface area contributed by atoms with Crippen molar-refractivity contribution in [2.24, 2.45) is 4.99 Å². The SMILES string of the molecule is CCCOc1ccc(C2N=C(NC#N)Nc3nc(N)c(C#N)c(N)c32)cc1Cl. The lowest BCUT2D eigenvalue weighted by Crippen LogP contribution is -2.32. The molecule has 0 fully saturated rings. The van der Waals surface area contributed by atoms with Crippen LogP contribution in [0.4, 0.5) is 17.3 Å². The van der Waals surface area contributed by atoms with Gasteiger partial charge in [0.1, 0.15) is 35.1 Å². The van der Waals surface area contributed by atoms with Gasteiger partial charge in [-0.2, -0.15) is 10.5 Å². The van der Waals surface area contributed by atoms with Crippen LogP contribution < -0.4 is 26.8 Å². The number of nitrogens with two attached hydrogens (primary N) is 2. The van der Waals surface area contributed by atoms with Crippen LogP contribution >= 0.6 is 11.6 Å². The fraction of sp³-hybridized carbons (Fsp3) is 0.222. The minimum absolute atomic E-state index is 0.00967. The topological polar surface area (TPSA) is 158 Å². The third-order valence-electron chi connectivity index (χ3n) is 4.09. The van der Waals surface area contributed by atoms with Crippen LogP contribution in [0.25, 0.3) is 0 Å². The van der Waals surface area contributed by atoms with Crippen LogP contribution in [0.3, 0.4) is 0 Å². The molecule has 28 heavy (non-hydrogen) atoms. The van der Waals surface area contributed by atoms with Crippen LogP contribution in [0.1, 0.15) is 36.1 Å². The number of benzene rings is 1. The van der Waals surface area contributed by atoms with Gasteiger partial charge in [-0.05, 0) is 24.1 Å². The molecule has 1 aliphatic rings. The minimum atomic E-state index is -0.648. The van der Waals surface area contributed by atoms with E-state index in [1.165, 1.54) is 0 Å². The number of anilines is 3. The summed E-state index contributed by atoms with van der Waals surface area (Å²) in [5.74, 6) is 1.04. The van der Waals surface area contributed by atoms with Crippen LogP contribution in [0.2, 0.25) is 5.02 Å². The molecule has 0 amide bonds. The lowest BCUT2D eigenvalue weighted by Gasteiger charge is -2.26. The Hall–Kier alpha value is -3.69. The zero-order valence-electron chi connectivity index (χ0n) is 15.0. The van der Waals surface area contributed by atoms with Crippen molar-refractivity contribution in [2.45, 2.75) is 19.4 Å². The van der Waals surface area contributed by atoms with E-state index < -0.39 is 6.04 Å². The van der Waals surface area contributed by atoms with Gasteiger partial charge in [0.2, 0.25) is 5.96 Å². The molecule has 10 heteroatoms. The fourth-order valence-corrected chi connectivity index (χ4v) is 3.08. The second-order valence-electron chi connectivity index (χ2n) is 5.94. The van der Waals surface area contributed by atoms with Gasteiger partial charge in [-0.3, -0.25) is 5.32 Å². The lowest BCUT2D eigenvalue weighted by molar-refractivity contribution is 0.317. The van der Waals surface area contributed by atoms with Gasteiger partial charge in [0, 0.05) is 5.56 Å². The predicted octanol–water partition coefficient (Wildman–Crippen LogP) is 2.50. The van der Waals surface area contributed by atoms with Crippen LogP contribution in [0.5, 0.6) is 5.75 Å². The summed E-state index contributed by atoms with van der Waals surface area (Å²) in [4.78, 5) is 8.69. The average Bonchev–Trinajstić information content (AvgIpc) is 2.66. The minimum Gasteiger partial charge on any atom is -0.492 e. The molecule has 1 aromatic heterocycles. The van der Waals surface area contributed by atoms with E-state index in [0.717, 1.165) is 6.42 Å². The molecule has 0 spiro atoms. The maximum absolute atomic E-state index is 9.36. The second kappa shape index (κ2) is 7.91. The summed E-state index contributed by atoms with van der Waals surface area (Å²) >= 11 is 6.36. The Bertz CT molecular complexity index is 1040. The summed E-state index contributed by atoms with van der Waals surface area (Å²) in [6.45, 7) is 2.55. The van der Waals surface area contributed by atoms with Crippen molar-refractivity contribution in [3.8, 4) is 18.0 Å². The number of hydrogen-bond acceptors (Lipinski definition) is 9. The van der Waals surface area contributed by atoms with E-state index in [-0.39, 0.29) is 23.0 Å². The highest BCUT2D eigenvalue weighted by molar-refractivity contribution is 6.32. The Balaban J connectivity index is 2.14. The molecular formula is C18H17ClN8O. The predicted molar refractivity (Wildman–Crippen MR) is 107 cm³/mol. The molecule has 0 radical (unpaired) electrons. The Morgan fingerprint density at radius 2 is 2.14 bits per heavy atom. The van der Waals surface area contributed by atoms with Crippen molar-refractivity contribution in [3.63, 3.8) is 0 Å². The van der Waals surface area contributed by atoms with Crippen LogP contribution in [-0.4, -0.2) is 17.6 Å². The molecule has 1 atom stereocenters. The fourth-order valence-electron chi connectivity index (χ4n) is 2.84. The molecule has 0 aliphatic carbocycles. The molecular weight excluding hydrogens is 380 g/mol. The molecule has 0 bridgehead atoms. The first-order chi connectivity index (χ1) is 13.5. The molecule has 6 N–H and O–H groups in total. The van der Waals surface area contributed by atoms with Gasteiger partial charge in [-0.25, -0.2) is 9.98 Å². The van der Waals surface area contributed by atoms with Gasteiger partial charge < -0.3 is 21.5 Å². The van der Waals surface area contributed by atoms with Gasteiger partial charge >= 0.3 is 0 Å². The van der Waals surface area contributed by atoms with E-state index in [4.69, 9.17) is 33.1 Å². The third kappa shape index (κ3) is 3.43. The summed E-state index contributed by atoms with van der Waals surface area (Å²) in [6.07, 6.45) is 2.66. The molecule has 9 nitrogen and oxygen atoms in total. The highest BCUT2D eigenvalue weighted by atomic mass is 35.5. The van der Waals surface area contributed by atoms with E-state index in [2.05, 4.69) is 20.6 Å². The summed E-state index contributed by atoms with van der Waals surface area (Å²) in [5.41, 5.74) is 13.5. The van der Waals surface area contributed by atoms with Crippen molar-refractivity contribution < 1.29 is 4.74 Å². The standard InChI is InChI=1S/C18H17ClN8O/c1-2-5-28-12-4-3-9(6-11(12)19)15-13-14(22)10(7-20)16(23)26-17(13)27-18(25-15)24-8-21/h3-4,6,15H,2,5H2,1H3,(H6,22,23,24,25,26,27). The summed E-state index contributed by atoms with van der Waals surface area (Å²) < 4.78 is 5.60. The quantitative estimate of drug-likeness (QED) is 0.453. The highest BCUT2D eigenvalue weighted by Gasteiger charge is 2.30. The largest absolute Gasteiger partial charge is 0.492 e. The number of nitrogen functional groups attached to an aromatic ring is 2. The maximum Gasteiger partial charge on any atom is 0.211 e. The van der Waals surface area contributed by atoms with E-state index in [1.54, 1.807) is 24.4 Å². The summed E-state index contributed by atoms with van der Waals surface area (Å²) in [5, 5.41) is 24.0. The number of guanidine groups is 1. The molecule has 142 valence electrons. The molecule has 2 aromatic rings. The summed E-state index contributed by atoms with van der Waals surface area (Å²) in [7, 11) is 0. The first-order valence-electron chi connectivity index (χ1n) is 8.41. The number of rotatable bonds is 4. The number of nitriles is 2. The van der Waals surface area contributed by atoms with Crippen molar-refractivity contribution in [1.82, 2.24) is 10.3 Å². The van der Waals surface area contributed by atoms with Crippen LogP contribution in [0.15, 0.2) is 23.2 Å². The molecule has 1 aromatic carbocycles. The zero-order chi connectivity index (χ0) is 20.3. The van der Waals surface area contributed by atoms with Gasteiger partial charge in [-0.1, -0.05) is 24.6 Å². The van der Waals surface area contributed by atoms with Gasteiger partial charge in [0.15, 0.2) is 6.19 Å². The Kier molecular flexibility index (Phi) is 5.39. The third-order valence-corrected chi connectivity index (χ3v) is 4.39. The average molecular weight is 397 g/mol. The van der Waals surface area contributed by atoms with Crippen LogP contribution in [0, 0.1) is 22.8 Å². The van der Waals surface area contributed by atoms with Gasteiger partial charge in [0.25, 0.3) is 0 Å². The maximum atomic E-state index is 9.36. The van der Waals surface area contributed by atoms with Crippen LogP contribution in [-0.2, 0) is 0 Å². The Labute approximate surface area is 166 Å². The number of halogens is 1. The monoisotopic (exact) mass is 396 g/mol. The van der Waals surface area contributed by atoms with E-state index in [0.29, 0.717) is 34.3 Å². The number of aliphatic imine (C=N–C) groups is 1. The van der Waals surface area contributed by atoms with E-state index >= 15 is 0 Å². The molecule has 0 saturated heterocycles. The molecule has 1 aliphatic heterocycles. The Morgan fingerprint density at radius 1 is 1.36 bits per heavy atom. The normalized spacial score (nSPS) is 14.7. The number of fused-ring (bicyclic) bond motifs is 1. The number of hydrogen-bond donors (Lipinski definition) is 4. The highest BCUT2D eigenvalue weighted by Crippen LogP contribution is 2.41. The van der Waals surface area contributed by atoms with Crippen molar-refractivity contribution >= 4 is 34.9 Å². The number of ether oxygens (including phenoxy) is 1. The number of nitrogens with one attached hydrogen (secondary N) is 2. The van der Waals surface area contributed by atoms with E-state index in [9.17, 15) is 5.26 Å². The number of nitrogens with zero attached hydrogens (tertiary/aromatic N) is 4. The first-order valence-corrected chi connectivity index (χ1v) is 8.79. The van der Waals surface area contributed by atoms with Crippen molar-refractivity contribution in [3.05, 3.63) is 39.9 Å².